The summed E-state index contributed by atoms with van der Waals surface area (Å²) in [4.78, 5) is 0. The zero-order valence-corrected chi connectivity index (χ0v) is 10.0. The van der Waals surface area contributed by atoms with Crippen molar-refractivity contribution in [3.05, 3.63) is 5.82 Å². The Morgan fingerprint density at radius 2 is 2.33 bits per heavy atom. The molecule has 0 saturated heterocycles. The molecule has 5 nitrogen and oxygen atoms in total. The minimum Gasteiger partial charge on any atom is -0.309 e. The summed E-state index contributed by atoms with van der Waals surface area (Å²) >= 11 is 1.63. The Labute approximate surface area is 93.9 Å². The molecule has 1 N–H and O–H groups in total. The molecule has 1 unspecified atom stereocenters. The Morgan fingerprint density at radius 3 is 2.80 bits per heavy atom. The van der Waals surface area contributed by atoms with Gasteiger partial charge in [0, 0.05) is 12.8 Å². The summed E-state index contributed by atoms with van der Waals surface area (Å²) in [7, 11) is 3.74. The number of aryl methyl sites for hydroxylation is 1. The van der Waals surface area contributed by atoms with Gasteiger partial charge in [0.05, 0.1) is 12.1 Å². The first-order valence-corrected chi connectivity index (χ1v) is 5.73. The van der Waals surface area contributed by atoms with E-state index in [1.54, 1.807) is 18.8 Å². The predicted molar refractivity (Wildman–Crippen MR) is 59.5 cm³/mol. The minimum atomic E-state index is -0.0770. The van der Waals surface area contributed by atoms with Crippen LogP contribution in [0.3, 0.4) is 0 Å². The summed E-state index contributed by atoms with van der Waals surface area (Å²) in [6, 6.07) is 2.11. The van der Waals surface area contributed by atoms with Crippen LogP contribution in [0.4, 0.5) is 0 Å². The highest BCUT2D eigenvalue weighted by Crippen LogP contribution is 2.16. The molecule has 82 valence electrons. The van der Waals surface area contributed by atoms with Crippen molar-refractivity contribution in [3.8, 4) is 6.07 Å². The second kappa shape index (κ2) is 5.73. The highest BCUT2D eigenvalue weighted by molar-refractivity contribution is 7.99. The predicted octanol–water partition coefficient (Wildman–Crippen LogP) is 0.717. The van der Waals surface area contributed by atoms with Gasteiger partial charge in [-0.1, -0.05) is 11.8 Å². The van der Waals surface area contributed by atoms with Crippen molar-refractivity contribution in [2.45, 2.75) is 24.5 Å². The van der Waals surface area contributed by atoms with Crippen LogP contribution in [0.1, 0.15) is 12.2 Å². The normalized spacial score (nSPS) is 12.4. The van der Waals surface area contributed by atoms with Gasteiger partial charge >= 0.3 is 0 Å². The third-order valence-electron chi connectivity index (χ3n) is 2.19. The molecule has 0 amide bonds. The molecule has 0 saturated carbocycles. The summed E-state index contributed by atoms with van der Waals surface area (Å²) in [5.41, 5.74) is 0. The maximum Gasteiger partial charge on any atom is 0.190 e. The van der Waals surface area contributed by atoms with E-state index >= 15 is 0 Å². The summed E-state index contributed by atoms with van der Waals surface area (Å²) < 4.78 is 1.95. The molecule has 0 aromatic carbocycles. The fourth-order valence-corrected chi connectivity index (χ4v) is 2.02. The molecular weight excluding hydrogens is 210 g/mol. The van der Waals surface area contributed by atoms with Gasteiger partial charge in [0.2, 0.25) is 0 Å². The lowest BCUT2D eigenvalue weighted by atomic mass is 10.3. The number of nitriles is 1. The van der Waals surface area contributed by atoms with E-state index < -0.39 is 0 Å². The number of rotatable bonds is 5. The number of thioether (sulfide) groups is 1. The van der Waals surface area contributed by atoms with E-state index in [1.165, 1.54) is 0 Å². The third-order valence-corrected chi connectivity index (χ3v) is 3.25. The zero-order chi connectivity index (χ0) is 11.3. The van der Waals surface area contributed by atoms with E-state index in [-0.39, 0.29) is 6.04 Å². The van der Waals surface area contributed by atoms with E-state index in [1.807, 2.05) is 18.5 Å². The van der Waals surface area contributed by atoms with Crippen LogP contribution in [0.2, 0.25) is 0 Å². The Hall–Kier alpha value is -1.06. The van der Waals surface area contributed by atoms with Gasteiger partial charge in [0.1, 0.15) is 5.82 Å². The lowest BCUT2D eigenvalue weighted by molar-refractivity contribution is 0.662. The number of nitrogens with one attached hydrogen (secondary N) is 1. The largest absolute Gasteiger partial charge is 0.309 e. The Morgan fingerprint density at radius 1 is 1.60 bits per heavy atom. The summed E-state index contributed by atoms with van der Waals surface area (Å²) in [6.45, 7) is 1.92. The van der Waals surface area contributed by atoms with Crippen LogP contribution in [-0.4, -0.2) is 33.6 Å². The molecule has 6 heteroatoms. The maximum atomic E-state index is 8.73. The van der Waals surface area contributed by atoms with Crippen molar-refractivity contribution >= 4 is 11.8 Å². The maximum absolute atomic E-state index is 8.73. The van der Waals surface area contributed by atoms with Gasteiger partial charge in [-0.2, -0.15) is 5.26 Å². The zero-order valence-electron chi connectivity index (χ0n) is 9.19. The number of aromatic nitrogens is 3. The smallest absolute Gasteiger partial charge is 0.190 e. The lowest BCUT2D eigenvalue weighted by Gasteiger charge is -2.06. The molecule has 1 aromatic rings. The second-order valence-electron chi connectivity index (χ2n) is 3.20. The molecule has 1 heterocycles. The van der Waals surface area contributed by atoms with E-state index in [0.29, 0.717) is 0 Å². The first-order chi connectivity index (χ1) is 7.19. The van der Waals surface area contributed by atoms with E-state index in [4.69, 9.17) is 5.26 Å². The molecule has 1 atom stereocenters. The van der Waals surface area contributed by atoms with Crippen molar-refractivity contribution in [3.63, 3.8) is 0 Å². The van der Waals surface area contributed by atoms with Crippen molar-refractivity contribution < 1.29 is 0 Å². The van der Waals surface area contributed by atoms with Crippen molar-refractivity contribution in [1.29, 1.82) is 5.26 Å². The minimum absolute atomic E-state index is 0.0770. The molecule has 15 heavy (non-hydrogen) atoms. The number of hydrogen-bond donors (Lipinski definition) is 1. The van der Waals surface area contributed by atoms with E-state index in [2.05, 4.69) is 21.6 Å². The average Bonchev–Trinajstić information content (AvgIpc) is 2.56. The molecule has 0 aliphatic carbocycles. The van der Waals surface area contributed by atoms with Crippen molar-refractivity contribution in [1.82, 2.24) is 20.1 Å². The van der Waals surface area contributed by atoms with Crippen LogP contribution < -0.4 is 5.32 Å². The third kappa shape index (κ3) is 3.22. The summed E-state index contributed by atoms with van der Waals surface area (Å²) in [6.07, 6.45) is 0.809. The molecule has 0 radical (unpaired) electrons. The van der Waals surface area contributed by atoms with Gasteiger partial charge in [-0.3, -0.25) is 0 Å². The second-order valence-corrected chi connectivity index (χ2v) is 4.26. The molecule has 1 aromatic heterocycles. The molecule has 0 fully saturated rings. The summed E-state index contributed by atoms with van der Waals surface area (Å²) in [5.74, 6) is 1.77. The topological polar surface area (TPSA) is 66.5 Å². The van der Waals surface area contributed by atoms with Crippen LogP contribution in [-0.2, 0) is 7.05 Å². The first-order valence-electron chi connectivity index (χ1n) is 4.74. The highest BCUT2D eigenvalue weighted by Gasteiger charge is 2.07. The molecular formula is C9H15N5S. The van der Waals surface area contributed by atoms with Gasteiger partial charge < -0.3 is 9.88 Å². The first kappa shape index (κ1) is 12.0. The monoisotopic (exact) mass is 225 g/mol. The average molecular weight is 225 g/mol. The van der Waals surface area contributed by atoms with E-state index in [0.717, 1.165) is 23.2 Å². The standard InChI is InChI=1S/C9H15N5S/c1-7-12-13-9(14(7)3)15-5-4-8(6-10)11-2/h8,11H,4-5H2,1-3H3. The van der Waals surface area contributed by atoms with Gasteiger partial charge in [-0.15, -0.1) is 10.2 Å². The molecule has 1 rings (SSSR count). The highest BCUT2D eigenvalue weighted by atomic mass is 32.2. The van der Waals surface area contributed by atoms with Gasteiger partial charge in [-0.25, -0.2) is 0 Å². The summed E-state index contributed by atoms with van der Waals surface area (Å²) in [5, 5.41) is 20.6. The Kier molecular flexibility index (Phi) is 4.59. The van der Waals surface area contributed by atoms with E-state index in [9.17, 15) is 0 Å². The lowest BCUT2D eigenvalue weighted by Crippen LogP contribution is -2.23. The van der Waals surface area contributed by atoms with Gasteiger partial charge in [0.15, 0.2) is 5.16 Å². The number of nitrogens with zero attached hydrogens (tertiary/aromatic N) is 4. The van der Waals surface area contributed by atoms with Crippen molar-refractivity contribution in [2.24, 2.45) is 7.05 Å². The van der Waals surface area contributed by atoms with Crippen molar-refractivity contribution in [2.75, 3.05) is 12.8 Å². The SMILES string of the molecule is CNC(C#N)CCSc1nnc(C)n1C. The van der Waals surface area contributed by atoms with Crippen LogP contribution >= 0.6 is 11.8 Å². The van der Waals surface area contributed by atoms with Crippen LogP contribution in [0.5, 0.6) is 0 Å². The molecule has 0 aliphatic heterocycles. The quantitative estimate of drug-likeness (QED) is 0.748. The Bertz CT molecular complexity index is 354. The fourth-order valence-electron chi connectivity index (χ4n) is 1.05. The molecule has 0 spiro atoms. The fraction of sp³-hybridized carbons (Fsp3) is 0.667. The number of hydrogen-bond acceptors (Lipinski definition) is 5. The molecule has 0 bridgehead atoms. The Balaban J connectivity index is 2.38. The van der Waals surface area contributed by atoms with Crippen LogP contribution in [0.25, 0.3) is 0 Å². The van der Waals surface area contributed by atoms with Gasteiger partial charge in [0.25, 0.3) is 0 Å². The van der Waals surface area contributed by atoms with Gasteiger partial charge in [-0.05, 0) is 20.4 Å². The van der Waals surface area contributed by atoms with Crippen LogP contribution in [0, 0.1) is 18.3 Å². The molecule has 0 aliphatic rings. The van der Waals surface area contributed by atoms with Crippen LogP contribution in [0.15, 0.2) is 5.16 Å².